The van der Waals surface area contributed by atoms with Crippen molar-refractivity contribution in [1.82, 2.24) is 0 Å². The van der Waals surface area contributed by atoms with Gasteiger partial charge in [0.15, 0.2) is 0 Å². The summed E-state index contributed by atoms with van der Waals surface area (Å²) < 4.78 is 22.0. The lowest BCUT2D eigenvalue weighted by Gasteiger charge is -2.14. The second kappa shape index (κ2) is 7.04. The molecular weight excluding hydrogens is 295 g/mol. The maximum Gasteiger partial charge on any atom is 0.495 e. The van der Waals surface area contributed by atoms with Crippen LogP contribution in [0.3, 0.4) is 0 Å². The fourth-order valence-electron chi connectivity index (χ4n) is 2.72. The molecule has 0 radical (unpaired) electrons. The normalized spacial score (nSPS) is 16.3. The van der Waals surface area contributed by atoms with Crippen molar-refractivity contribution in [1.29, 1.82) is 0 Å². The molecule has 0 aliphatic carbocycles. The van der Waals surface area contributed by atoms with Gasteiger partial charge in [0, 0.05) is 11.5 Å². The summed E-state index contributed by atoms with van der Waals surface area (Å²) in [6.45, 7) is 0.836. The first kappa shape index (κ1) is 15.9. The minimum absolute atomic E-state index is 0.343. The van der Waals surface area contributed by atoms with Crippen LogP contribution in [0.4, 0.5) is 0 Å². The predicted octanol–water partition coefficient (Wildman–Crippen LogP) is 1.68. The SMILES string of the molecule is COc1cc(OC)c2c(c1)[C@H](COCc1ccccc1)OB2O. The van der Waals surface area contributed by atoms with E-state index in [-0.39, 0.29) is 6.10 Å². The molecule has 2 aromatic rings. The van der Waals surface area contributed by atoms with Crippen molar-refractivity contribution < 1.29 is 23.9 Å². The Bertz CT molecular complexity index is 662. The van der Waals surface area contributed by atoms with Crippen molar-refractivity contribution in [3.05, 3.63) is 53.6 Å². The van der Waals surface area contributed by atoms with Gasteiger partial charge in [0.05, 0.1) is 33.5 Å². The first-order chi connectivity index (χ1) is 11.2. The van der Waals surface area contributed by atoms with Crippen LogP contribution < -0.4 is 14.9 Å². The number of fused-ring (bicyclic) bond motifs is 1. The van der Waals surface area contributed by atoms with Crippen LogP contribution in [-0.4, -0.2) is 33.0 Å². The molecule has 0 unspecified atom stereocenters. The summed E-state index contributed by atoms with van der Waals surface area (Å²) in [4.78, 5) is 0. The van der Waals surface area contributed by atoms with Crippen LogP contribution in [0.2, 0.25) is 0 Å². The van der Waals surface area contributed by atoms with Gasteiger partial charge in [0.25, 0.3) is 0 Å². The maximum absolute atomic E-state index is 10.1. The average molecular weight is 314 g/mol. The molecule has 0 saturated carbocycles. The molecule has 0 amide bonds. The largest absolute Gasteiger partial charge is 0.497 e. The highest BCUT2D eigenvalue weighted by Crippen LogP contribution is 2.32. The highest BCUT2D eigenvalue weighted by molar-refractivity contribution is 6.63. The van der Waals surface area contributed by atoms with Crippen molar-refractivity contribution in [3.8, 4) is 11.5 Å². The topological polar surface area (TPSA) is 57.2 Å². The molecular formula is C17H19BO5. The molecule has 23 heavy (non-hydrogen) atoms. The molecule has 0 fully saturated rings. The van der Waals surface area contributed by atoms with Gasteiger partial charge in [-0.15, -0.1) is 0 Å². The summed E-state index contributed by atoms with van der Waals surface area (Å²) in [7, 11) is 2.13. The van der Waals surface area contributed by atoms with Crippen molar-refractivity contribution in [2.45, 2.75) is 12.7 Å². The lowest BCUT2D eigenvalue weighted by Crippen LogP contribution is -2.29. The average Bonchev–Trinajstić information content (AvgIpc) is 2.91. The van der Waals surface area contributed by atoms with Gasteiger partial charge in [-0.1, -0.05) is 30.3 Å². The molecule has 1 heterocycles. The van der Waals surface area contributed by atoms with Crippen LogP contribution >= 0.6 is 0 Å². The molecule has 1 N–H and O–H groups in total. The number of benzene rings is 2. The van der Waals surface area contributed by atoms with Gasteiger partial charge in [-0.3, -0.25) is 0 Å². The molecule has 1 atom stereocenters. The van der Waals surface area contributed by atoms with E-state index in [0.717, 1.165) is 11.1 Å². The second-order valence-corrected chi connectivity index (χ2v) is 5.31. The fourth-order valence-corrected chi connectivity index (χ4v) is 2.72. The second-order valence-electron chi connectivity index (χ2n) is 5.31. The van der Waals surface area contributed by atoms with E-state index in [9.17, 15) is 5.02 Å². The standard InChI is InChI=1S/C17H19BO5/c1-20-13-8-14-16(11-22-10-12-6-4-3-5-7-12)23-18(19)17(14)15(9-13)21-2/h3-9,16,19H,10-11H2,1-2H3/t16-/m0/s1. The van der Waals surface area contributed by atoms with E-state index in [2.05, 4.69) is 0 Å². The first-order valence-corrected chi connectivity index (χ1v) is 7.44. The van der Waals surface area contributed by atoms with Gasteiger partial charge in [0.2, 0.25) is 0 Å². The smallest absolute Gasteiger partial charge is 0.495 e. The lowest BCUT2D eigenvalue weighted by atomic mass is 9.78. The van der Waals surface area contributed by atoms with Crippen LogP contribution in [0.1, 0.15) is 17.2 Å². The molecule has 1 aliphatic rings. The molecule has 0 saturated heterocycles. The zero-order valence-electron chi connectivity index (χ0n) is 13.2. The van der Waals surface area contributed by atoms with Crippen LogP contribution in [0.25, 0.3) is 0 Å². The molecule has 0 spiro atoms. The zero-order valence-corrected chi connectivity index (χ0v) is 13.2. The molecule has 1 aliphatic heterocycles. The Morgan fingerprint density at radius 1 is 1.13 bits per heavy atom. The summed E-state index contributed by atoms with van der Waals surface area (Å²) in [6, 6.07) is 13.5. The summed E-state index contributed by atoms with van der Waals surface area (Å²) in [5.74, 6) is 1.21. The number of rotatable bonds is 6. The Morgan fingerprint density at radius 3 is 2.61 bits per heavy atom. The monoisotopic (exact) mass is 314 g/mol. The van der Waals surface area contributed by atoms with Crippen LogP contribution in [0.5, 0.6) is 11.5 Å². The quantitative estimate of drug-likeness (QED) is 0.822. The van der Waals surface area contributed by atoms with Crippen molar-refractivity contribution in [2.24, 2.45) is 0 Å². The van der Waals surface area contributed by atoms with Gasteiger partial charge in [-0.2, -0.15) is 0 Å². The molecule has 3 rings (SSSR count). The van der Waals surface area contributed by atoms with E-state index < -0.39 is 7.12 Å². The minimum atomic E-state index is -1.02. The van der Waals surface area contributed by atoms with Crippen molar-refractivity contribution in [2.75, 3.05) is 20.8 Å². The van der Waals surface area contributed by atoms with E-state index in [1.807, 2.05) is 36.4 Å². The van der Waals surface area contributed by atoms with Gasteiger partial charge in [-0.05, 0) is 17.2 Å². The Balaban J connectivity index is 1.74. The Labute approximate surface area is 135 Å². The van der Waals surface area contributed by atoms with Gasteiger partial charge >= 0.3 is 7.12 Å². The van der Waals surface area contributed by atoms with E-state index in [1.165, 1.54) is 0 Å². The van der Waals surface area contributed by atoms with Gasteiger partial charge in [-0.25, -0.2) is 0 Å². The third kappa shape index (κ3) is 3.34. The minimum Gasteiger partial charge on any atom is -0.497 e. The third-order valence-corrected chi connectivity index (χ3v) is 3.87. The predicted molar refractivity (Wildman–Crippen MR) is 87.1 cm³/mol. The van der Waals surface area contributed by atoms with Crippen LogP contribution in [-0.2, 0) is 16.0 Å². The van der Waals surface area contributed by atoms with Gasteiger partial charge < -0.3 is 23.9 Å². The van der Waals surface area contributed by atoms with Crippen LogP contribution in [0.15, 0.2) is 42.5 Å². The van der Waals surface area contributed by atoms with E-state index in [4.69, 9.17) is 18.9 Å². The molecule has 2 aromatic carbocycles. The highest BCUT2D eigenvalue weighted by Gasteiger charge is 2.38. The molecule has 120 valence electrons. The molecule has 0 aromatic heterocycles. The lowest BCUT2D eigenvalue weighted by molar-refractivity contribution is 0.0383. The number of hydrogen-bond acceptors (Lipinski definition) is 5. The van der Waals surface area contributed by atoms with Gasteiger partial charge in [0.1, 0.15) is 11.5 Å². The Hall–Kier alpha value is -2.02. The molecule has 0 bridgehead atoms. The zero-order chi connectivity index (χ0) is 16.2. The Morgan fingerprint density at radius 2 is 1.91 bits per heavy atom. The van der Waals surface area contributed by atoms with Crippen LogP contribution in [0, 0.1) is 0 Å². The number of ether oxygens (including phenoxy) is 3. The summed E-state index contributed by atoms with van der Waals surface area (Å²) in [5, 5.41) is 10.1. The molecule has 5 nitrogen and oxygen atoms in total. The first-order valence-electron chi connectivity index (χ1n) is 7.44. The van der Waals surface area contributed by atoms with E-state index in [1.54, 1.807) is 20.3 Å². The Kier molecular flexibility index (Phi) is 4.86. The van der Waals surface area contributed by atoms with Crippen molar-refractivity contribution in [3.63, 3.8) is 0 Å². The summed E-state index contributed by atoms with van der Waals surface area (Å²) >= 11 is 0. The fraction of sp³-hybridized carbons (Fsp3) is 0.294. The summed E-state index contributed by atoms with van der Waals surface area (Å²) in [6.07, 6.45) is -0.354. The summed E-state index contributed by atoms with van der Waals surface area (Å²) in [5.41, 5.74) is 2.57. The molecule has 6 heteroatoms. The number of hydrogen-bond donors (Lipinski definition) is 1. The number of methoxy groups -OCH3 is 2. The maximum atomic E-state index is 10.1. The van der Waals surface area contributed by atoms with E-state index in [0.29, 0.717) is 30.2 Å². The highest BCUT2D eigenvalue weighted by atomic mass is 16.6. The van der Waals surface area contributed by atoms with E-state index >= 15 is 0 Å². The van der Waals surface area contributed by atoms with Crippen molar-refractivity contribution >= 4 is 12.6 Å². The third-order valence-electron chi connectivity index (χ3n) is 3.87.